The first-order chi connectivity index (χ1) is 17.1. The first-order valence-corrected chi connectivity index (χ1v) is 13.3. The number of carbonyl (C=O) groups is 2. The lowest BCUT2D eigenvalue weighted by Crippen LogP contribution is -2.48. The van der Waals surface area contributed by atoms with Crippen LogP contribution in [-0.4, -0.2) is 62.5 Å². The second-order valence-corrected chi connectivity index (χ2v) is 9.42. The fourth-order valence-electron chi connectivity index (χ4n) is 4.29. The van der Waals surface area contributed by atoms with Crippen molar-refractivity contribution in [3.8, 4) is 5.75 Å². The second kappa shape index (κ2) is 18.2. The summed E-state index contributed by atoms with van der Waals surface area (Å²) in [6.45, 7) is 3.84. The van der Waals surface area contributed by atoms with Crippen molar-refractivity contribution in [2.24, 2.45) is 11.7 Å². The second-order valence-electron chi connectivity index (χ2n) is 9.42. The fourth-order valence-corrected chi connectivity index (χ4v) is 4.29. The van der Waals surface area contributed by atoms with Crippen LogP contribution in [-0.2, 0) is 25.5 Å². The molecule has 8 nitrogen and oxygen atoms in total. The number of phenolic OH excluding ortho intramolecular Hbond substituents is 1. The average molecular weight is 492 g/mol. The highest BCUT2D eigenvalue weighted by atomic mass is 16.5. The van der Waals surface area contributed by atoms with Crippen LogP contribution in [0.5, 0.6) is 5.75 Å². The van der Waals surface area contributed by atoms with Crippen molar-refractivity contribution in [1.29, 1.82) is 0 Å². The quantitative estimate of drug-likeness (QED) is 0.234. The normalized spacial score (nSPS) is 15.0. The van der Waals surface area contributed by atoms with Gasteiger partial charge in [0, 0.05) is 45.8 Å². The minimum atomic E-state index is -0.643. The number of phenols is 1. The molecular weight excluding hydrogens is 446 g/mol. The Morgan fingerprint density at radius 1 is 0.943 bits per heavy atom. The number of rotatable bonds is 18. The third kappa shape index (κ3) is 13.5. The Hall–Kier alpha value is -2.16. The molecule has 0 unspecified atom stereocenters. The van der Waals surface area contributed by atoms with E-state index >= 15 is 0 Å². The Kier molecular flexibility index (Phi) is 15.1. The van der Waals surface area contributed by atoms with Gasteiger partial charge in [-0.25, -0.2) is 0 Å². The molecule has 5 N–H and O–H groups in total. The average Bonchev–Trinajstić information content (AvgIpc) is 2.86. The Balaban J connectivity index is 1.68. The van der Waals surface area contributed by atoms with Crippen molar-refractivity contribution < 1.29 is 24.2 Å². The molecule has 1 fully saturated rings. The van der Waals surface area contributed by atoms with E-state index in [2.05, 4.69) is 10.6 Å². The van der Waals surface area contributed by atoms with Gasteiger partial charge >= 0.3 is 0 Å². The van der Waals surface area contributed by atoms with Gasteiger partial charge < -0.3 is 30.9 Å². The van der Waals surface area contributed by atoms with E-state index in [-0.39, 0.29) is 17.6 Å². The molecule has 0 bridgehead atoms. The smallest absolute Gasteiger partial charge is 0.242 e. The van der Waals surface area contributed by atoms with E-state index in [9.17, 15) is 14.7 Å². The molecule has 1 aliphatic carbocycles. The number of benzene rings is 1. The summed E-state index contributed by atoms with van der Waals surface area (Å²) in [5, 5.41) is 15.4. The van der Waals surface area contributed by atoms with Gasteiger partial charge in [0.1, 0.15) is 11.8 Å². The summed E-state index contributed by atoms with van der Waals surface area (Å²) in [4.78, 5) is 25.6. The van der Waals surface area contributed by atoms with Gasteiger partial charge in [-0.05, 0) is 68.7 Å². The Morgan fingerprint density at radius 2 is 1.57 bits per heavy atom. The highest BCUT2D eigenvalue weighted by molar-refractivity contribution is 5.87. The number of ether oxygens (including phenoxy) is 2. The number of hydrogen-bond donors (Lipinski definition) is 4. The van der Waals surface area contributed by atoms with E-state index < -0.39 is 6.04 Å². The van der Waals surface area contributed by atoms with E-state index in [4.69, 9.17) is 15.2 Å². The molecule has 1 atom stereocenters. The van der Waals surface area contributed by atoms with Gasteiger partial charge in [0.25, 0.3) is 0 Å². The molecule has 1 saturated carbocycles. The van der Waals surface area contributed by atoms with Gasteiger partial charge in [-0.3, -0.25) is 9.59 Å². The number of carbonyl (C=O) groups excluding carboxylic acids is 2. The van der Waals surface area contributed by atoms with E-state index in [0.717, 1.165) is 44.3 Å². The van der Waals surface area contributed by atoms with E-state index in [1.54, 1.807) is 24.3 Å². The predicted octanol–water partition coefficient (Wildman–Crippen LogP) is 3.06. The molecule has 35 heavy (non-hydrogen) atoms. The molecule has 1 aliphatic rings. The molecule has 0 aromatic heterocycles. The van der Waals surface area contributed by atoms with Crippen molar-refractivity contribution in [2.75, 3.05) is 39.5 Å². The standard InChI is InChI=1S/C27H45N3O5/c28-14-6-18-34-16-4-5-17-35-19-7-15-29-27(33)25(20-23-10-12-24(31)13-11-23)30-26(32)21-22-8-2-1-3-9-22/h10-13,22,25,31H,1-9,14-21,28H2,(H,29,33)(H,30,32)/t25-/m0/s1. The topological polar surface area (TPSA) is 123 Å². The maximum atomic E-state index is 12.9. The highest BCUT2D eigenvalue weighted by Crippen LogP contribution is 2.26. The molecule has 1 aromatic rings. The zero-order valence-electron chi connectivity index (χ0n) is 21.1. The van der Waals surface area contributed by atoms with Crippen LogP contribution >= 0.6 is 0 Å². The van der Waals surface area contributed by atoms with Gasteiger partial charge in [-0.15, -0.1) is 0 Å². The number of hydrogen-bond acceptors (Lipinski definition) is 6. The number of nitrogens with two attached hydrogens (primary N) is 1. The summed E-state index contributed by atoms with van der Waals surface area (Å²) in [6, 6.07) is 6.10. The largest absolute Gasteiger partial charge is 0.508 e. The van der Waals surface area contributed by atoms with Crippen molar-refractivity contribution in [3.63, 3.8) is 0 Å². The monoisotopic (exact) mass is 491 g/mol. The first-order valence-electron chi connectivity index (χ1n) is 13.3. The minimum Gasteiger partial charge on any atom is -0.508 e. The highest BCUT2D eigenvalue weighted by Gasteiger charge is 2.23. The van der Waals surface area contributed by atoms with Gasteiger partial charge in [-0.2, -0.15) is 0 Å². The summed E-state index contributed by atoms with van der Waals surface area (Å²) in [6.07, 6.45) is 10.1. The van der Waals surface area contributed by atoms with Gasteiger partial charge in [0.05, 0.1) is 0 Å². The molecule has 0 radical (unpaired) electrons. The molecule has 2 amide bonds. The van der Waals surface area contributed by atoms with Crippen molar-refractivity contribution in [1.82, 2.24) is 10.6 Å². The summed E-state index contributed by atoms with van der Waals surface area (Å²) < 4.78 is 11.1. The Labute approximate surface area is 210 Å². The summed E-state index contributed by atoms with van der Waals surface area (Å²) in [5.74, 6) is 0.335. The molecular formula is C27H45N3O5. The zero-order valence-corrected chi connectivity index (χ0v) is 21.1. The first kappa shape index (κ1) is 29.1. The molecule has 0 aliphatic heterocycles. The van der Waals surface area contributed by atoms with E-state index in [0.29, 0.717) is 58.1 Å². The van der Waals surface area contributed by atoms with Crippen LogP contribution in [0.15, 0.2) is 24.3 Å². The van der Waals surface area contributed by atoms with Crippen LogP contribution in [0.25, 0.3) is 0 Å². The van der Waals surface area contributed by atoms with Crippen molar-refractivity contribution in [3.05, 3.63) is 29.8 Å². The summed E-state index contributed by atoms with van der Waals surface area (Å²) in [5.41, 5.74) is 6.31. The minimum absolute atomic E-state index is 0.0637. The Bertz CT molecular complexity index is 707. The maximum Gasteiger partial charge on any atom is 0.242 e. The molecule has 0 heterocycles. The number of aromatic hydroxyl groups is 1. The van der Waals surface area contributed by atoms with Crippen LogP contribution in [0, 0.1) is 5.92 Å². The predicted molar refractivity (Wildman–Crippen MR) is 137 cm³/mol. The summed E-state index contributed by atoms with van der Waals surface area (Å²) in [7, 11) is 0. The zero-order chi connectivity index (χ0) is 25.1. The van der Waals surface area contributed by atoms with Gasteiger partial charge in [-0.1, -0.05) is 31.4 Å². The van der Waals surface area contributed by atoms with Gasteiger partial charge in [0.15, 0.2) is 0 Å². The number of unbranched alkanes of at least 4 members (excludes halogenated alkanes) is 1. The summed E-state index contributed by atoms with van der Waals surface area (Å²) >= 11 is 0. The van der Waals surface area contributed by atoms with E-state index in [1.807, 2.05) is 0 Å². The SMILES string of the molecule is NCCCOCCCCOCCCNC(=O)[C@H](Cc1ccc(O)cc1)NC(=O)CC1CCCCC1. The van der Waals surface area contributed by atoms with Crippen LogP contribution in [0.1, 0.15) is 69.8 Å². The van der Waals surface area contributed by atoms with Gasteiger partial charge in [0.2, 0.25) is 11.8 Å². The maximum absolute atomic E-state index is 12.9. The molecule has 0 spiro atoms. The number of nitrogens with one attached hydrogen (secondary N) is 2. The van der Waals surface area contributed by atoms with Crippen LogP contribution in [0.2, 0.25) is 0 Å². The Morgan fingerprint density at radius 3 is 2.23 bits per heavy atom. The lowest BCUT2D eigenvalue weighted by atomic mass is 9.87. The number of amides is 2. The van der Waals surface area contributed by atoms with Crippen LogP contribution < -0.4 is 16.4 Å². The van der Waals surface area contributed by atoms with Crippen molar-refractivity contribution >= 4 is 11.8 Å². The molecule has 2 rings (SSSR count). The third-order valence-corrected chi connectivity index (χ3v) is 6.31. The van der Waals surface area contributed by atoms with Crippen LogP contribution in [0.3, 0.4) is 0 Å². The van der Waals surface area contributed by atoms with E-state index in [1.165, 1.54) is 19.3 Å². The molecule has 198 valence electrons. The lowest BCUT2D eigenvalue weighted by molar-refractivity contribution is -0.129. The molecule has 1 aromatic carbocycles. The molecule has 0 saturated heterocycles. The fraction of sp³-hybridized carbons (Fsp3) is 0.704. The lowest BCUT2D eigenvalue weighted by Gasteiger charge is -2.23. The van der Waals surface area contributed by atoms with Crippen LogP contribution in [0.4, 0.5) is 0 Å². The van der Waals surface area contributed by atoms with Crippen molar-refractivity contribution in [2.45, 2.75) is 76.7 Å². The third-order valence-electron chi connectivity index (χ3n) is 6.31. The molecule has 8 heteroatoms.